The smallest absolute Gasteiger partial charge is 0.323 e. The van der Waals surface area contributed by atoms with Gasteiger partial charge in [0.25, 0.3) is 5.91 Å². The van der Waals surface area contributed by atoms with Gasteiger partial charge in [0, 0.05) is 6.07 Å². The molecule has 2 aliphatic rings. The van der Waals surface area contributed by atoms with Crippen LogP contribution >= 0.6 is 0 Å². The minimum Gasteiger partial charge on any atom is -0.323 e. The summed E-state index contributed by atoms with van der Waals surface area (Å²) >= 11 is 0. The van der Waals surface area contributed by atoms with E-state index < -0.39 is 41.6 Å². The first-order valence-corrected chi connectivity index (χ1v) is 8.22. The van der Waals surface area contributed by atoms with Crippen molar-refractivity contribution in [1.29, 1.82) is 0 Å². The van der Waals surface area contributed by atoms with Crippen molar-refractivity contribution < 1.29 is 23.2 Å². The molecule has 1 heterocycles. The summed E-state index contributed by atoms with van der Waals surface area (Å²) in [7, 11) is 0. The number of amides is 4. The Kier molecular flexibility index (Phi) is 4.45. The van der Waals surface area contributed by atoms with Crippen LogP contribution < -0.4 is 10.6 Å². The molecule has 1 aromatic rings. The summed E-state index contributed by atoms with van der Waals surface area (Å²) in [6, 6.07) is 2.02. The minimum atomic E-state index is -0.959. The Morgan fingerprint density at radius 3 is 2.84 bits per heavy atom. The second kappa shape index (κ2) is 6.42. The van der Waals surface area contributed by atoms with Gasteiger partial charge in [-0.25, -0.2) is 13.6 Å². The topological polar surface area (TPSA) is 78.5 Å². The molecule has 1 saturated carbocycles. The molecule has 3 rings (SSSR count). The first kappa shape index (κ1) is 17.3. The fourth-order valence-corrected chi connectivity index (χ4v) is 3.57. The SMILES string of the molecule is CC1CCCCC12NC(=O)N(CC(=O)Nc1cc(F)ccc1F)C2=O. The van der Waals surface area contributed by atoms with Gasteiger partial charge in [0.1, 0.15) is 23.7 Å². The van der Waals surface area contributed by atoms with Crippen LogP contribution in [0, 0.1) is 17.6 Å². The second-order valence-electron chi connectivity index (χ2n) is 6.61. The lowest BCUT2D eigenvalue weighted by molar-refractivity contribution is -0.136. The van der Waals surface area contributed by atoms with Crippen LogP contribution in [0.2, 0.25) is 0 Å². The highest BCUT2D eigenvalue weighted by Gasteiger charge is 2.55. The summed E-state index contributed by atoms with van der Waals surface area (Å²) in [4.78, 5) is 37.9. The average molecular weight is 351 g/mol. The van der Waals surface area contributed by atoms with Gasteiger partial charge in [-0.3, -0.25) is 14.5 Å². The van der Waals surface area contributed by atoms with Crippen molar-refractivity contribution in [2.45, 2.75) is 38.1 Å². The number of anilines is 1. The molecule has 8 heteroatoms. The fourth-order valence-electron chi connectivity index (χ4n) is 3.57. The van der Waals surface area contributed by atoms with Gasteiger partial charge in [-0.2, -0.15) is 0 Å². The lowest BCUT2D eigenvalue weighted by Gasteiger charge is -2.36. The molecule has 4 amide bonds. The highest BCUT2D eigenvalue weighted by Crippen LogP contribution is 2.38. The average Bonchev–Trinajstić information content (AvgIpc) is 2.79. The summed E-state index contributed by atoms with van der Waals surface area (Å²) in [6.45, 7) is 1.36. The maximum atomic E-state index is 13.6. The van der Waals surface area contributed by atoms with Crippen LogP contribution in [0.1, 0.15) is 32.6 Å². The third-order valence-corrected chi connectivity index (χ3v) is 5.01. The number of hydrogen-bond acceptors (Lipinski definition) is 3. The normalized spacial score (nSPS) is 26.0. The Morgan fingerprint density at radius 1 is 1.36 bits per heavy atom. The Labute approximate surface area is 143 Å². The van der Waals surface area contributed by atoms with E-state index in [1.165, 1.54) is 0 Å². The largest absolute Gasteiger partial charge is 0.325 e. The molecule has 134 valence electrons. The van der Waals surface area contributed by atoms with Gasteiger partial charge in [-0.15, -0.1) is 0 Å². The Bertz CT molecular complexity index is 740. The number of carbonyl (C=O) groups excluding carboxylic acids is 3. The zero-order chi connectivity index (χ0) is 18.2. The van der Waals surface area contributed by atoms with E-state index in [2.05, 4.69) is 10.6 Å². The lowest BCUT2D eigenvalue weighted by atomic mass is 9.73. The molecule has 1 saturated heterocycles. The Morgan fingerprint density at radius 2 is 2.12 bits per heavy atom. The van der Waals surface area contributed by atoms with Gasteiger partial charge in [0.2, 0.25) is 5.91 Å². The van der Waals surface area contributed by atoms with Crippen molar-refractivity contribution >= 4 is 23.5 Å². The van der Waals surface area contributed by atoms with Gasteiger partial charge >= 0.3 is 6.03 Å². The van der Waals surface area contributed by atoms with Gasteiger partial charge < -0.3 is 10.6 Å². The van der Waals surface area contributed by atoms with Gasteiger partial charge in [0.05, 0.1) is 5.69 Å². The molecular weight excluding hydrogens is 332 g/mol. The molecule has 1 aliphatic carbocycles. The van der Waals surface area contributed by atoms with Crippen molar-refractivity contribution in [3.63, 3.8) is 0 Å². The van der Waals surface area contributed by atoms with Crippen molar-refractivity contribution in [3.8, 4) is 0 Å². The highest BCUT2D eigenvalue weighted by molar-refractivity contribution is 6.10. The number of urea groups is 1. The van der Waals surface area contributed by atoms with Gasteiger partial charge in [-0.1, -0.05) is 19.8 Å². The number of benzene rings is 1. The quantitative estimate of drug-likeness (QED) is 0.821. The van der Waals surface area contributed by atoms with E-state index in [0.29, 0.717) is 6.42 Å². The summed E-state index contributed by atoms with van der Waals surface area (Å²) < 4.78 is 26.8. The van der Waals surface area contributed by atoms with Crippen LogP contribution in [0.5, 0.6) is 0 Å². The zero-order valence-corrected chi connectivity index (χ0v) is 13.8. The van der Waals surface area contributed by atoms with Crippen LogP contribution in [0.4, 0.5) is 19.3 Å². The molecule has 0 aromatic heterocycles. The molecule has 0 radical (unpaired) electrons. The third kappa shape index (κ3) is 3.08. The standard InChI is InChI=1S/C17H19F2N3O3/c1-10-4-2-3-7-17(10)15(24)22(16(25)21-17)9-14(23)20-13-8-11(18)5-6-12(13)19/h5-6,8,10H,2-4,7,9H2,1H3,(H,20,23)(H,21,25). The molecule has 2 fully saturated rings. The molecule has 2 atom stereocenters. The van der Waals surface area contributed by atoms with Crippen LogP contribution in [-0.2, 0) is 9.59 Å². The summed E-state index contributed by atoms with van der Waals surface area (Å²) in [6.07, 6.45) is 3.17. The summed E-state index contributed by atoms with van der Waals surface area (Å²) in [5, 5.41) is 4.93. The zero-order valence-electron chi connectivity index (χ0n) is 13.8. The molecule has 1 aromatic carbocycles. The van der Waals surface area contributed by atoms with Gasteiger partial charge in [0.15, 0.2) is 0 Å². The number of nitrogens with one attached hydrogen (secondary N) is 2. The first-order valence-electron chi connectivity index (χ1n) is 8.22. The number of carbonyl (C=O) groups is 3. The molecule has 1 spiro atoms. The van der Waals surface area contributed by atoms with E-state index in [1.807, 2.05) is 6.92 Å². The van der Waals surface area contributed by atoms with E-state index in [9.17, 15) is 23.2 Å². The van der Waals surface area contributed by atoms with Crippen molar-refractivity contribution in [2.75, 3.05) is 11.9 Å². The Balaban J connectivity index is 1.72. The van der Waals surface area contributed by atoms with Crippen LogP contribution in [0.25, 0.3) is 0 Å². The monoisotopic (exact) mass is 351 g/mol. The number of rotatable bonds is 3. The van der Waals surface area contributed by atoms with Crippen molar-refractivity contribution in [2.24, 2.45) is 5.92 Å². The van der Waals surface area contributed by atoms with E-state index >= 15 is 0 Å². The molecule has 2 unspecified atom stereocenters. The molecule has 1 aliphatic heterocycles. The van der Waals surface area contributed by atoms with E-state index in [1.54, 1.807) is 0 Å². The predicted molar refractivity (Wildman–Crippen MR) is 85.6 cm³/mol. The van der Waals surface area contributed by atoms with E-state index in [-0.39, 0.29) is 11.6 Å². The maximum absolute atomic E-state index is 13.6. The van der Waals surface area contributed by atoms with Crippen LogP contribution in [-0.4, -0.2) is 34.8 Å². The third-order valence-electron chi connectivity index (χ3n) is 5.01. The Hall–Kier alpha value is -2.51. The molecule has 6 nitrogen and oxygen atoms in total. The second-order valence-corrected chi connectivity index (χ2v) is 6.61. The fraction of sp³-hybridized carbons (Fsp3) is 0.471. The summed E-state index contributed by atoms with van der Waals surface area (Å²) in [5.74, 6) is -2.73. The predicted octanol–water partition coefficient (Wildman–Crippen LogP) is 2.40. The van der Waals surface area contributed by atoms with E-state index in [0.717, 1.165) is 42.4 Å². The number of imide groups is 1. The highest BCUT2D eigenvalue weighted by atomic mass is 19.1. The van der Waals surface area contributed by atoms with Crippen molar-refractivity contribution in [1.82, 2.24) is 10.2 Å². The molecular formula is C17H19F2N3O3. The number of halogens is 2. The maximum Gasteiger partial charge on any atom is 0.325 e. The van der Waals surface area contributed by atoms with Crippen molar-refractivity contribution in [3.05, 3.63) is 29.8 Å². The van der Waals surface area contributed by atoms with Crippen LogP contribution in [0.15, 0.2) is 18.2 Å². The number of nitrogens with zero attached hydrogens (tertiary/aromatic N) is 1. The first-order chi connectivity index (χ1) is 11.8. The molecule has 2 N–H and O–H groups in total. The van der Waals surface area contributed by atoms with E-state index in [4.69, 9.17) is 0 Å². The summed E-state index contributed by atoms with van der Waals surface area (Å²) in [5.41, 5.74) is -1.29. The lowest BCUT2D eigenvalue weighted by Crippen LogP contribution is -2.54. The molecule has 0 bridgehead atoms. The van der Waals surface area contributed by atoms with Gasteiger partial charge in [-0.05, 0) is 30.9 Å². The molecule has 25 heavy (non-hydrogen) atoms. The minimum absolute atomic E-state index is 0.0218. The number of hydrogen-bond donors (Lipinski definition) is 2. The van der Waals surface area contributed by atoms with Crippen LogP contribution in [0.3, 0.4) is 0 Å².